The number of hydrogen-bond acceptors (Lipinski definition) is 4. The molecular weight excluding hydrogens is 312 g/mol. The minimum atomic E-state index is -3.46. The van der Waals surface area contributed by atoms with Crippen molar-refractivity contribution < 1.29 is 13.2 Å². The second kappa shape index (κ2) is 7.24. The molecule has 1 aliphatic rings. The van der Waals surface area contributed by atoms with Gasteiger partial charge in [0.15, 0.2) is 9.84 Å². The van der Waals surface area contributed by atoms with E-state index in [-0.39, 0.29) is 34.8 Å². The maximum atomic E-state index is 12.3. The highest BCUT2D eigenvalue weighted by Crippen LogP contribution is 2.20. The van der Waals surface area contributed by atoms with Crippen molar-refractivity contribution in [3.05, 3.63) is 29.8 Å². The predicted octanol–water partition coefficient (Wildman–Crippen LogP) is 1.38. The van der Waals surface area contributed by atoms with Gasteiger partial charge >= 0.3 is 0 Å². The quantitative estimate of drug-likeness (QED) is 0.873. The van der Waals surface area contributed by atoms with Crippen molar-refractivity contribution in [2.24, 2.45) is 0 Å². The lowest BCUT2D eigenvalue weighted by Gasteiger charge is -2.15. The van der Waals surface area contributed by atoms with E-state index in [1.54, 1.807) is 32.0 Å². The van der Waals surface area contributed by atoms with Gasteiger partial charge in [-0.05, 0) is 38.9 Å². The molecule has 1 fully saturated rings. The molecule has 0 bridgehead atoms. The normalized spacial score (nSPS) is 18.3. The van der Waals surface area contributed by atoms with Gasteiger partial charge in [0.05, 0.1) is 15.7 Å². The molecule has 21 heavy (non-hydrogen) atoms. The number of amides is 1. The highest BCUT2D eigenvalue weighted by atomic mass is 35.5. The summed E-state index contributed by atoms with van der Waals surface area (Å²) in [6.45, 7) is 4.83. The van der Waals surface area contributed by atoms with Crippen LogP contribution >= 0.6 is 12.4 Å². The molecule has 5 nitrogen and oxygen atoms in total. The van der Waals surface area contributed by atoms with E-state index in [2.05, 4.69) is 10.6 Å². The van der Waals surface area contributed by atoms with E-state index in [1.807, 2.05) is 0 Å². The average Bonchev–Trinajstić information content (AvgIpc) is 2.91. The molecule has 1 atom stereocenters. The van der Waals surface area contributed by atoms with Gasteiger partial charge < -0.3 is 10.6 Å². The van der Waals surface area contributed by atoms with Crippen LogP contribution in [0.25, 0.3) is 0 Å². The fourth-order valence-electron chi connectivity index (χ4n) is 2.20. The van der Waals surface area contributed by atoms with Gasteiger partial charge in [-0.3, -0.25) is 4.79 Å². The number of carbonyl (C=O) groups is 1. The van der Waals surface area contributed by atoms with Crippen LogP contribution in [0.3, 0.4) is 0 Å². The molecular formula is C14H21ClN2O3S. The molecule has 1 unspecified atom stereocenters. The van der Waals surface area contributed by atoms with Crippen molar-refractivity contribution >= 4 is 28.2 Å². The van der Waals surface area contributed by atoms with Crippen LogP contribution in [-0.4, -0.2) is 38.7 Å². The topological polar surface area (TPSA) is 75.3 Å². The molecule has 118 valence electrons. The van der Waals surface area contributed by atoms with Gasteiger partial charge in [-0.1, -0.05) is 12.1 Å². The van der Waals surface area contributed by atoms with Crippen LogP contribution in [-0.2, 0) is 9.84 Å². The zero-order valence-electron chi connectivity index (χ0n) is 12.1. The molecule has 1 amide bonds. The Bertz CT molecular complexity index is 596. The number of nitrogens with one attached hydrogen (secondary N) is 2. The smallest absolute Gasteiger partial charge is 0.252 e. The number of carbonyl (C=O) groups excluding carboxylic acids is 1. The molecule has 1 aliphatic heterocycles. The van der Waals surface area contributed by atoms with Crippen LogP contribution in [0.4, 0.5) is 0 Å². The fraction of sp³-hybridized carbons (Fsp3) is 0.500. The zero-order valence-corrected chi connectivity index (χ0v) is 13.8. The Labute approximate surface area is 131 Å². The monoisotopic (exact) mass is 332 g/mol. The minimum absolute atomic E-state index is 0. The number of rotatable bonds is 4. The van der Waals surface area contributed by atoms with E-state index < -0.39 is 15.1 Å². The molecule has 2 rings (SSSR count). The summed E-state index contributed by atoms with van der Waals surface area (Å²) in [6.07, 6.45) is 0.866. The van der Waals surface area contributed by atoms with Crippen LogP contribution in [0.5, 0.6) is 0 Å². The Morgan fingerprint density at radius 2 is 2.00 bits per heavy atom. The first-order chi connectivity index (χ1) is 9.43. The molecule has 1 aromatic rings. The van der Waals surface area contributed by atoms with Crippen molar-refractivity contribution in [3.63, 3.8) is 0 Å². The predicted molar refractivity (Wildman–Crippen MR) is 84.8 cm³/mol. The summed E-state index contributed by atoms with van der Waals surface area (Å²) in [6, 6.07) is 6.45. The van der Waals surface area contributed by atoms with Gasteiger partial charge in [-0.2, -0.15) is 0 Å². The van der Waals surface area contributed by atoms with Crippen molar-refractivity contribution in [2.45, 2.75) is 36.5 Å². The first-order valence-corrected chi connectivity index (χ1v) is 8.32. The Morgan fingerprint density at radius 1 is 1.33 bits per heavy atom. The summed E-state index contributed by atoms with van der Waals surface area (Å²) in [5, 5.41) is 5.49. The van der Waals surface area contributed by atoms with Crippen molar-refractivity contribution in [1.82, 2.24) is 10.6 Å². The number of hydrogen-bond donors (Lipinski definition) is 2. The van der Waals surface area contributed by atoms with Crippen LogP contribution < -0.4 is 10.6 Å². The van der Waals surface area contributed by atoms with E-state index in [1.165, 1.54) is 6.07 Å². The first kappa shape index (κ1) is 17.9. The van der Waals surface area contributed by atoms with Crippen LogP contribution in [0.15, 0.2) is 29.2 Å². The SMILES string of the molecule is CC(C)S(=O)(=O)c1ccccc1C(=O)NC1CCNC1.Cl. The van der Waals surface area contributed by atoms with Crippen molar-refractivity contribution in [3.8, 4) is 0 Å². The summed E-state index contributed by atoms with van der Waals surface area (Å²) in [4.78, 5) is 12.4. The van der Waals surface area contributed by atoms with E-state index in [4.69, 9.17) is 0 Å². The van der Waals surface area contributed by atoms with E-state index >= 15 is 0 Å². The summed E-state index contributed by atoms with van der Waals surface area (Å²) in [7, 11) is -3.46. The van der Waals surface area contributed by atoms with Gasteiger partial charge in [-0.25, -0.2) is 8.42 Å². The maximum Gasteiger partial charge on any atom is 0.252 e. The Balaban J connectivity index is 0.00000220. The van der Waals surface area contributed by atoms with E-state index in [0.717, 1.165) is 19.5 Å². The summed E-state index contributed by atoms with van der Waals surface area (Å²) in [5.41, 5.74) is 0.230. The molecule has 0 radical (unpaired) electrons. The van der Waals surface area contributed by atoms with Crippen LogP contribution in [0.2, 0.25) is 0 Å². The molecule has 2 N–H and O–H groups in total. The zero-order chi connectivity index (χ0) is 14.8. The van der Waals surface area contributed by atoms with Gasteiger partial charge in [-0.15, -0.1) is 12.4 Å². The van der Waals surface area contributed by atoms with E-state index in [0.29, 0.717) is 0 Å². The Morgan fingerprint density at radius 3 is 2.57 bits per heavy atom. The maximum absolute atomic E-state index is 12.3. The molecule has 0 spiro atoms. The number of benzene rings is 1. The van der Waals surface area contributed by atoms with Crippen molar-refractivity contribution in [1.29, 1.82) is 0 Å². The molecule has 0 aliphatic carbocycles. The fourth-order valence-corrected chi connectivity index (χ4v) is 3.44. The molecule has 7 heteroatoms. The average molecular weight is 333 g/mol. The summed E-state index contributed by atoms with van der Waals surface area (Å²) in [5.74, 6) is -0.321. The lowest BCUT2D eigenvalue weighted by atomic mass is 10.2. The lowest BCUT2D eigenvalue weighted by molar-refractivity contribution is 0.0936. The number of halogens is 1. The second-order valence-corrected chi connectivity index (χ2v) is 7.73. The van der Waals surface area contributed by atoms with Gasteiger partial charge in [0, 0.05) is 12.6 Å². The van der Waals surface area contributed by atoms with Gasteiger partial charge in [0.1, 0.15) is 0 Å². The minimum Gasteiger partial charge on any atom is -0.348 e. The molecule has 0 saturated carbocycles. The lowest BCUT2D eigenvalue weighted by Crippen LogP contribution is -2.37. The van der Waals surface area contributed by atoms with Crippen molar-refractivity contribution in [2.75, 3.05) is 13.1 Å². The molecule has 1 heterocycles. The number of sulfone groups is 1. The second-order valence-electron chi connectivity index (χ2n) is 5.25. The Hall–Kier alpha value is -1.11. The van der Waals surface area contributed by atoms with Crippen LogP contribution in [0.1, 0.15) is 30.6 Å². The van der Waals surface area contributed by atoms with E-state index in [9.17, 15) is 13.2 Å². The third-order valence-electron chi connectivity index (χ3n) is 3.45. The highest BCUT2D eigenvalue weighted by molar-refractivity contribution is 7.92. The van der Waals surface area contributed by atoms with Crippen LogP contribution in [0, 0.1) is 0 Å². The molecule has 0 aromatic heterocycles. The third-order valence-corrected chi connectivity index (χ3v) is 5.66. The van der Waals surface area contributed by atoms with Gasteiger partial charge in [0.25, 0.3) is 5.91 Å². The molecule has 1 aromatic carbocycles. The summed E-state index contributed by atoms with van der Waals surface area (Å²) < 4.78 is 24.6. The standard InChI is InChI=1S/C14H20N2O3S.ClH/c1-10(2)20(18,19)13-6-4-3-5-12(13)14(17)16-11-7-8-15-9-11;/h3-6,10-11,15H,7-9H2,1-2H3,(H,16,17);1H. The largest absolute Gasteiger partial charge is 0.348 e. The molecule has 1 saturated heterocycles. The Kier molecular flexibility index (Phi) is 6.19. The third kappa shape index (κ3) is 3.96. The first-order valence-electron chi connectivity index (χ1n) is 6.77. The summed E-state index contributed by atoms with van der Waals surface area (Å²) >= 11 is 0. The highest BCUT2D eigenvalue weighted by Gasteiger charge is 2.26. The van der Waals surface area contributed by atoms with Gasteiger partial charge in [0.2, 0.25) is 0 Å².